The zero-order chi connectivity index (χ0) is 12.7. The van der Waals surface area contributed by atoms with Crippen molar-refractivity contribution in [3.05, 3.63) is 11.7 Å². The van der Waals surface area contributed by atoms with Crippen molar-refractivity contribution in [2.45, 2.75) is 52.2 Å². The Balaban J connectivity index is 2.16. The van der Waals surface area contributed by atoms with Crippen molar-refractivity contribution >= 4 is 7.12 Å². The Bertz CT molecular complexity index is 348. The predicted molar refractivity (Wildman–Crippen MR) is 67.7 cm³/mol. The molecule has 1 unspecified atom stereocenters. The van der Waals surface area contributed by atoms with Crippen molar-refractivity contribution in [1.29, 1.82) is 0 Å². The van der Waals surface area contributed by atoms with Gasteiger partial charge >= 0.3 is 7.12 Å². The van der Waals surface area contributed by atoms with Crippen LogP contribution in [0.5, 0.6) is 0 Å². The minimum absolute atomic E-state index is 0.312. The Labute approximate surface area is 104 Å². The van der Waals surface area contributed by atoms with Gasteiger partial charge in [0.1, 0.15) is 0 Å². The summed E-state index contributed by atoms with van der Waals surface area (Å²) >= 11 is 0. The van der Waals surface area contributed by atoms with E-state index in [0.29, 0.717) is 5.92 Å². The lowest BCUT2D eigenvalue weighted by molar-refractivity contribution is 0.00578. The van der Waals surface area contributed by atoms with Gasteiger partial charge in [-0.15, -0.1) is 0 Å². The van der Waals surface area contributed by atoms with Crippen molar-refractivity contribution < 1.29 is 9.31 Å². The number of hydrogen-bond donors (Lipinski definition) is 0. The van der Waals surface area contributed by atoms with Crippen LogP contribution < -0.4 is 0 Å². The molecule has 1 atom stereocenters. The third-order valence-corrected chi connectivity index (χ3v) is 3.93. The first-order chi connectivity index (χ1) is 7.86. The van der Waals surface area contributed by atoms with Gasteiger partial charge in [0.15, 0.2) is 0 Å². The fourth-order valence-corrected chi connectivity index (χ4v) is 1.89. The van der Waals surface area contributed by atoms with Gasteiger partial charge in [-0.1, -0.05) is 13.0 Å². The van der Waals surface area contributed by atoms with Crippen LogP contribution in [0.3, 0.4) is 0 Å². The van der Waals surface area contributed by atoms with Crippen LogP contribution >= 0.6 is 0 Å². The summed E-state index contributed by atoms with van der Waals surface area (Å²) in [6, 6.07) is 0. The molecule has 5 heteroatoms. The molecule has 0 N–H and O–H groups in total. The van der Waals surface area contributed by atoms with Crippen LogP contribution in [-0.2, 0) is 9.31 Å². The van der Waals surface area contributed by atoms with E-state index < -0.39 is 0 Å². The zero-order valence-electron chi connectivity index (χ0n) is 11.4. The third-order valence-electron chi connectivity index (χ3n) is 3.93. The highest BCUT2D eigenvalue weighted by molar-refractivity contribution is 6.54. The maximum atomic E-state index is 5.95. The maximum absolute atomic E-state index is 5.95. The van der Waals surface area contributed by atoms with E-state index in [4.69, 9.17) is 9.31 Å². The molecule has 0 saturated carbocycles. The molecule has 2 aliphatic rings. The van der Waals surface area contributed by atoms with Crippen molar-refractivity contribution in [2.75, 3.05) is 6.54 Å². The van der Waals surface area contributed by atoms with Gasteiger partial charge in [0.25, 0.3) is 0 Å². The van der Waals surface area contributed by atoms with E-state index in [1.807, 2.05) is 27.7 Å². The molecule has 1 fully saturated rings. The lowest BCUT2D eigenvalue weighted by atomic mass is 9.82. The van der Waals surface area contributed by atoms with Gasteiger partial charge in [0, 0.05) is 0 Å². The van der Waals surface area contributed by atoms with Crippen LogP contribution in [0, 0.1) is 5.92 Å². The molecule has 2 heterocycles. The molecule has 94 valence electrons. The summed E-state index contributed by atoms with van der Waals surface area (Å²) in [5, 5.41) is 8.32. The standard InChI is InChI=1S/C12H21BN2O2/c1-6-9-7-10(15-14-8-9)13-16-11(2,3)12(4,5)17-13/h7,9H,6,8H2,1-5H3. The molecule has 0 aromatic heterocycles. The van der Waals surface area contributed by atoms with Gasteiger partial charge < -0.3 is 9.31 Å². The highest BCUT2D eigenvalue weighted by atomic mass is 16.7. The van der Waals surface area contributed by atoms with Crippen molar-refractivity contribution in [1.82, 2.24) is 0 Å². The molecule has 1 saturated heterocycles. The molecule has 17 heavy (non-hydrogen) atoms. The first kappa shape index (κ1) is 12.8. The van der Waals surface area contributed by atoms with Gasteiger partial charge in [-0.3, -0.25) is 0 Å². The smallest absolute Gasteiger partial charge is 0.398 e. The second-order valence-corrected chi connectivity index (χ2v) is 5.77. The van der Waals surface area contributed by atoms with E-state index in [-0.39, 0.29) is 18.3 Å². The van der Waals surface area contributed by atoms with E-state index in [1.54, 1.807) is 0 Å². The molecule has 0 aromatic rings. The van der Waals surface area contributed by atoms with Crippen LogP contribution in [-0.4, -0.2) is 24.9 Å². The van der Waals surface area contributed by atoms with Gasteiger partial charge in [-0.2, -0.15) is 10.2 Å². The summed E-state index contributed by atoms with van der Waals surface area (Å²) < 4.78 is 11.9. The zero-order valence-corrected chi connectivity index (χ0v) is 11.4. The Morgan fingerprint density at radius 3 is 2.41 bits per heavy atom. The molecular weight excluding hydrogens is 215 g/mol. The summed E-state index contributed by atoms with van der Waals surface area (Å²) in [5.41, 5.74) is 0.196. The topological polar surface area (TPSA) is 43.2 Å². The fourth-order valence-electron chi connectivity index (χ4n) is 1.89. The van der Waals surface area contributed by atoms with Crippen molar-refractivity contribution in [3.8, 4) is 0 Å². The maximum Gasteiger partial charge on any atom is 0.516 e. The summed E-state index contributed by atoms with van der Waals surface area (Å²) in [4.78, 5) is 0. The van der Waals surface area contributed by atoms with Crippen molar-refractivity contribution in [2.24, 2.45) is 16.1 Å². The molecule has 0 bridgehead atoms. The van der Waals surface area contributed by atoms with E-state index in [2.05, 4.69) is 23.2 Å². The number of nitrogens with zero attached hydrogens (tertiary/aromatic N) is 2. The normalized spacial score (nSPS) is 30.5. The Morgan fingerprint density at radius 1 is 1.29 bits per heavy atom. The van der Waals surface area contributed by atoms with Crippen LogP contribution in [0.1, 0.15) is 41.0 Å². The molecule has 0 amide bonds. The first-order valence-electron chi connectivity index (χ1n) is 6.30. The summed E-state index contributed by atoms with van der Waals surface area (Å²) in [7, 11) is -0.377. The molecular formula is C12H21BN2O2. The Hall–Kier alpha value is -0.675. The predicted octanol–water partition coefficient (Wildman–Crippen LogP) is 2.99. The fraction of sp³-hybridized carbons (Fsp3) is 0.833. The van der Waals surface area contributed by atoms with Crippen LogP contribution in [0.25, 0.3) is 0 Å². The molecule has 0 radical (unpaired) electrons. The highest BCUT2D eigenvalue weighted by Gasteiger charge is 2.53. The first-order valence-corrected chi connectivity index (χ1v) is 6.30. The SMILES string of the molecule is CCC1C=C(B2OC(C)(C)C(C)(C)O2)N=NC1. The second kappa shape index (κ2) is 4.21. The summed E-state index contributed by atoms with van der Waals surface area (Å²) in [6.07, 6.45) is 3.21. The minimum atomic E-state index is -0.377. The molecule has 2 rings (SSSR count). The lowest BCUT2D eigenvalue weighted by Crippen LogP contribution is -2.41. The second-order valence-electron chi connectivity index (χ2n) is 5.77. The summed E-state index contributed by atoms with van der Waals surface area (Å²) in [6.45, 7) is 11.1. The van der Waals surface area contributed by atoms with Gasteiger partial charge in [-0.25, -0.2) is 0 Å². The van der Waals surface area contributed by atoms with Crippen molar-refractivity contribution in [3.63, 3.8) is 0 Å². The minimum Gasteiger partial charge on any atom is -0.398 e. The van der Waals surface area contributed by atoms with E-state index in [1.165, 1.54) is 0 Å². The molecule has 0 aliphatic carbocycles. The average Bonchev–Trinajstić information content (AvgIpc) is 2.48. The number of hydrogen-bond acceptors (Lipinski definition) is 4. The Morgan fingerprint density at radius 2 is 1.88 bits per heavy atom. The number of azo groups is 1. The summed E-state index contributed by atoms with van der Waals surface area (Å²) in [5.74, 6) is 0.460. The number of rotatable bonds is 2. The van der Waals surface area contributed by atoms with Gasteiger partial charge in [-0.05, 0) is 40.0 Å². The van der Waals surface area contributed by atoms with Crippen LogP contribution in [0.4, 0.5) is 0 Å². The van der Waals surface area contributed by atoms with E-state index in [0.717, 1.165) is 18.6 Å². The lowest BCUT2D eigenvalue weighted by Gasteiger charge is -2.32. The van der Waals surface area contributed by atoms with E-state index in [9.17, 15) is 0 Å². The van der Waals surface area contributed by atoms with Gasteiger partial charge in [0.05, 0.1) is 23.3 Å². The molecule has 0 aromatic carbocycles. The Kier molecular flexibility index (Phi) is 3.16. The van der Waals surface area contributed by atoms with Crippen LogP contribution in [0.2, 0.25) is 0 Å². The molecule has 2 aliphatic heterocycles. The van der Waals surface area contributed by atoms with Crippen LogP contribution in [0.15, 0.2) is 21.9 Å². The third kappa shape index (κ3) is 2.31. The molecule has 0 spiro atoms. The quantitative estimate of drug-likeness (QED) is 0.691. The molecule has 4 nitrogen and oxygen atoms in total. The monoisotopic (exact) mass is 236 g/mol. The van der Waals surface area contributed by atoms with Gasteiger partial charge in [0.2, 0.25) is 0 Å². The largest absolute Gasteiger partial charge is 0.516 e. The highest BCUT2D eigenvalue weighted by Crippen LogP contribution is 2.39. The average molecular weight is 236 g/mol. The van der Waals surface area contributed by atoms with E-state index >= 15 is 0 Å².